The lowest BCUT2D eigenvalue weighted by Gasteiger charge is -2.14. The third-order valence-corrected chi connectivity index (χ3v) is 5.59. The third kappa shape index (κ3) is 3.99. The minimum atomic E-state index is 0.0897. The summed E-state index contributed by atoms with van der Waals surface area (Å²) in [6.45, 7) is 4.67. The standard InChI is InChI=1S/C17H24N4OS/c1-12(21-10-9-18-13(21)2)11-16(22)19-8-7-17-20-14-5-3-4-6-15(14)23-17/h9-10,12H,3-8,11H2,1-2H3,(H,19,22). The van der Waals surface area contributed by atoms with E-state index in [1.54, 1.807) is 6.20 Å². The molecule has 5 nitrogen and oxygen atoms in total. The molecule has 0 radical (unpaired) electrons. The molecule has 3 rings (SSSR count). The summed E-state index contributed by atoms with van der Waals surface area (Å²) in [6.07, 6.45) is 9.87. The maximum Gasteiger partial charge on any atom is 0.222 e. The number of nitrogens with one attached hydrogen (secondary N) is 1. The van der Waals surface area contributed by atoms with Crippen molar-refractivity contribution >= 4 is 17.2 Å². The second-order valence-corrected chi connectivity index (χ2v) is 7.39. The highest BCUT2D eigenvalue weighted by Gasteiger charge is 2.15. The van der Waals surface area contributed by atoms with E-state index in [9.17, 15) is 4.79 Å². The molecule has 1 N–H and O–H groups in total. The maximum absolute atomic E-state index is 12.1. The molecular weight excluding hydrogens is 308 g/mol. The molecule has 23 heavy (non-hydrogen) atoms. The van der Waals surface area contributed by atoms with Gasteiger partial charge in [-0.25, -0.2) is 9.97 Å². The van der Waals surface area contributed by atoms with E-state index < -0.39 is 0 Å². The molecule has 124 valence electrons. The summed E-state index contributed by atoms with van der Waals surface area (Å²) >= 11 is 1.83. The van der Waals surface area contributed by atoms with Crippen LogP contribution in [0.25, 0.3) is 0 Å². The van der Waals surface area contributed by atoms with Gasteiger partial charge in [-0.05, 0) is 39.5 Å². The van der Waals surface area contributed by atoms with Crippen LogP contribution in [0, 0.1) is 6.92 Å². The Bertz CT molecular complexity index is 652. The number of amides is 1. The molecule has 6 heteroatoms. The molecule has 2 aromatic rings. The first kappa shape index (κ1) is 16.2. The van der Waals surface area contributed by atoms with Crippen molar-refractivity contribution in [1.82, 2.24) is 19.9 Å². The normalized spacial score (nSPS) is 15.2. The Hall–Kier alpha value is -1.69. The van der Waals surface area contributed by atoms with Gasteiger partial charge in [0.15, 0.2) is 0 Å². The molecule has 0 saturated heterocycles. The van der Waals surface area contributed by atoms with Crippen LogP contribution in [-0.4, -0.2) is 27.0 Å². The van der Waals surface area contributed by atoms with Crippen LogP contribution < -0.4 is 5.32 Å². The number of imidazole rings is 1. The average Bonchev–Trinajstić information content (AvgIpc) is 3.12. The fraction of sp³-hybridized carbons (Fsp3) is 0.588. The second kappa shape index (κ2) is 7.25. The molecule has 1 atom stereocenters. The number of hydrogen-bond donors (Lipinski definition) is 1. The Balaban J connectivity index is 1.44. The monoisotopic (exact) mass is 332 g/mol. The van der Waals surface area contributed by atoms with Crippen LogP contribution in [0.1, 0.15) is 53.6 Å². The topological polar surface area (TPSA) is 59.8 Å². The molecule has 0 bridgehead atoms. The van der Waals surface area contributed by atoms with Crippen molar-refractivity contribution in [2.45, 2.75) is 58.4 Å². The number of fused-ring (bicyclic) bond motifs is 1. The zero-order valence-corrected chi connectivity index (χ0v) is 14.7. The van der Waals surface area contributed by atoms with E-state index in [4.69, 9.17) is 4.98 Å². The van der Waals surface area contributed by atoms with E-state index in [0.29, 0.717) is 13.0 Å². The molecule has 1 unspecified atom stereocenters. The predicted octanol–water partition coefficient (Wildman–Crippen LogP) is 2.84. The lowest BCUT2D eigenvalue weighted by molar-refractivity contribution is -0.121. The molecule has 0 fully saturated rings. The van der Waals surface area contributed by atoms with Crippen molar-refractivity contribution in [3.8, 4) is 0 Å². The number of carbonyl (C=O) groups is 1. The van der Waals surface area contributed by atoms with Gasteiger partial charge < -0.3 is 9.88 Å². The van der Waals surface area contributed by atoms with Gasteiger partial charge in [0, 0.05) is 42.7 Å². The van der Waals surface area contributed by atoms with E-state index >= 15 is 0 Å². The van der Waals surface area contributed by atoms with Gasteiger partial charge in [-0.2, -0.15) is 0 Å². The zero-order valence-electron chi connectivity index (χ0n) is 13.8. The molecule has 2 aromatic heterocycles. The summed E-state index contributed by atoms with van der Waals surface area (Å²) in [7, 11) is 0. The van der Waals surface area contributed by atoms with Crippen molar-refractivity contribution in [3.63, 3.8) is 0 Å². The SMILES string of the molecule is Cc1nccn1C(C)CC(=O)NCCc1nc2c(s1)CCCC2. The van der Waals surface area contributed by atoms with Gasteiger partial charge in [0.1, 0.15) is 5.82 Å². The van der Waals surface area contributed by atoms with Gasteiger partial charge in [-0.1, -0.05) is 0 Å². The number of rotatable bonds is 6. The van der Waals surface area contributed by atoms with Crippen LogP contribution in [0.5, 0.6) is 0 Å². The largest absolute Gasteiger partial charge is 0.356 e. The van der Waals surface area contributed by atoms with E-state index in [-0.39, 0.29) is 11.9 Å². The Labute approximate surface area is 141 Å². The smallest absolute Gasteiger partial charge is 0.222 e. The molecule has 1 amide bonds. The second-order valence-electron chi connectivity index (χ2n) is 6.22. The molecule has 1 aliphatic rings. The van der Waals surface area contributed by atoms with Crippen molar-refractivity contribution < 1.29 is 4.79 Å². The van der Waals surface area contributed by atoms with Crippen LogP contribution in [0.15, 0.2) is 12.4 Å². The molecule has 0 aromatic carbocycles. The van der Waals surface area contributed by atoms with E-state index in [1.165, 1.54) is 29.8 Å². The van der Waals surface area contributed by atoms with Crippen LogP contribution in [0.4, 0.5) is 0 Å². The van der Waals surface area contributed by atoms with E-state index in [0.717, 1.165) is 23.7 Å². The Kier molecular flexibility index (Phi) is 5.10. The fourth-order valence-electron chi connectivity index (χ4n) is 3.11. The highest BCUT2D eigenvalue weighted by Crippen LogP contribution is 2.26. The van der Waals surface area contributed by atoms with Crippen molar-refractivity contribution in [2.75, 3.05) is 6.54 Å². The van der Waals surface area contributed by atoms with Crippen LogP contribution in [-0.2, 0) is 24.1 Å². The molecule has 1 aliphatic carbocycles. The number of hydrogen-bond acceptors (Lipinski definition) is 4. The predicted molar refractivity (Wildman–Crippen MR) is 91.8 cm³/mol. The van der Waals surface area contributed by atoms with E-state index in [1.807, 2.05) is 35.9 Å². The fourth-order valence-corrected chi connectivity index (χ4v) is 4.27. The van der Waals surface area contributed by atoms with Gasteiger partial charge in [0.05, 0.1) is 10.7 Å². The van der Waals surface area contributed by atoms with E-state index in [2.05, 4.69) is 10.3 Å². The minimum absolute atomic E-state index is 0.0897. The number of thiazole rings is 1. The molecule has 0 spiro atoms. The Morgan fingerprint density at radius 2 is 2.26 bits per heavy atom. The molecule has 2 heterocycles. The summed E-state index contributed by atoms with van der Waals surface area (Å²) in [5.41, 5.74) is 1.30. The van der Waals surface area contributed by atoms with Crippen LogP contribution in [0.3, 0.4) is 0 Å². The lowest BCUT2D eigenvalue weighted by Crippen LogP contribution is -2.27. The van der Waals surface area contributed by atoms with Crippen molar-refractivity contribution in [2.24, 2.45) is 0 Å². The Morgan fingerprint density at radius 1 is 1.43 bits per heavy atom. The summed E-state index contributed by atoms with van der Waals surface area (Å²) in [6, 6.07) is 0.129. The number of nitrogens with zero attached hydrogens (tertiary/aromatic N) is 3. The summed E-state index contributed by atoms with van der Waals surface area (Å²) < 4.78 is 2.04. The van der Waals surface area contributed by atoms with Gasteiger partial charge in [0.2, 0.25) is 5.91 Å². The first-order chi connectivity index (χ1) is 11.1. The average molecular weight is 332 g/mol. The van der Waals surface area contributed by atoms with Crippen molar-refractivity contribution in [3.05, 3.63) is 33.8 Å². The summed E-state index contributed by atoms with van der Waals surface area (Å²) in [5.74, 6) is 1.03. The highest BCUT2D eigenvalue weighted by molar-refractivity contribution is 7.11. The molecule has 0 saturated carbocycles. The van der Waals surface area contributed by atoms with Gasteiger partial charge in [-0.3, -0.25) is 4.79 Å². The zero-order chi connectivity index (χ0) is 16.2. The van der Waals surface area contributed by atoms with Gasteiger partial charge >= 0.3 is 0 Å². The molecular formula is C17H24N4OS. The maximum atomic E-state index is 12.1. The van der Waals surface area contributed by atoms with Crippen LogP contribution >= 0.6 is 11.3 Å². The number of carbonyl (C=O) groups excluding carboxylic acids is 1. The van der Waals surface area contributed by atoms with Gasteiger partial charge in [-0.15, -0.1) is 11.3 Å². The Morgan fingerprint density at radius 3 is 3.00 bits per heavy atom. The van der Waals surface area contributed by atoms with Crippen LogP contribution in [0.2, 0.25) is 0 Å². The van der Waals surface area contributed by atoms with Crippen molar-refractivity contribution in [1.29, 1.82) is 0 Å². The lowest BCUT2D eigenvalue weighted by atomic mass is 10.0. The highest BCUT2D eigenvalue weighted by atomic mass is 32.1. The quantitative estimate of drug-likeness (QED) is 0.885. The molecule has 0 aliphatic heterocycles. The summed E-state index contributed by atoms with van der Waals surface area (Å²) in [5, 5.41) is 4.18. The first-order valence-corrected chi connectivity index (χ1v) is 9.18. The first-order valence-electron chi connectivity index (χ1n) is 8.37. The van der Waals surface area contributed by atoms with Gasteiger partial charge in [0.25, 0.3) is 0 Å². The number of aryl methyl sites for hydroxylation is 3. The number of aromatic nitrogens is 3. The minimum Gasteiger partial charge on any atom is -0.356 e. The third-order valence-electron chi connectivity index (χ3n) is 4.37. The summed E-state index contributed by atoms with van der Waals surface area (Å²) in [4.78, 5) is 22.5.